The minimum atomic E-state index is -0.121. The SMILES string of the molecule is Cc1ccccc1C(=O)Nc1cc(N2C(C)CCCC2C)c(C)cc1N. The van der Waals surface area contributed by atoms with E-state index in [1.807, 2.05) is 43.3 Å². The van der Waals surface area contributed by atoms with Gasteiger partial charge in [0.1, 0.15) is 0 Å². The van der Waals surface area contributed by atoms with Gasteiger partial charge in [0.25, 0.3) is 5.91 Å². The Morgan fingerprint density at radius 3 is 2.38 bits per heavy atom. The van der Waals surface area contributed by atoms with E-state index in [2.05, 4.69) is 31.0 Å². The molecule has 4 heteroatoms. The van der Waals surface area contributed by atoms with E-state index in [1.54, 1.807) is 0 Å². The van der Waals surface area contributed by atoms with Crippen LogP contribution in [0.2, 0.25) is 0 Å². The molecule has 0 aliphatic carbocycles. The van der Waals surface area contributed by atoms with Gasteiger partial charge in [-0.2, -0.15) is 0 Å². The zero-order valence-corrected chi connectivity index (χ0v) is 16.2. The van der Waals surface area contributed by atoms with E-state index in [-0.39, 0.29) is 5.91 Å². The molecule has 1 aliphatic heterocycles. The Kier molecular flexibility index (Phi) is 5.21. The van der Waals surface area contributed by atoms with E-state index in [9.17, 15) is 4.79 Å². The molecule has 2 atom stereocenters. The lowest BCUT2D eigenvalue weighted by atomic mass is 9.95. The third kappa shape index (κ3) is 3.55. The van der Waals surface area contributed by atoms with Crippen LogP contribution in [0.3, 0.4) is 0 Å². The van der Waals surface area contributed by atoms with Crippen LogP contribution in [0.1, 0.15) is 54.6 Å². The maximum absolute atomic E-state index is 12.7. The molecular formula is C22H29N3O. The fourth-order valence-corrected chi connectivity index (χ4v) is 4.02. The van der Waals surface area contributed by atoms with Crippen molar-refractivity contribution in [2.45, 2.75) is 59.0 Å². The van der Waals surface area contributed by atoms with Crippen LogP contribution in [0.4, 0.5) is 17.1 Å². The molecular weight excluding hydrogens is 322 g/mol. The van der Waals surface area contributed by atoms with Gasteiger partial charge in [-0.25, -0.2) is 0 Å². The number of carbonyl (C=O) groups is 1. The summed E-state index contributed by atoms with van der Waals surface area (Å²) in [5, 5.41) is 3.01. The highest BCUT2D eigenvalue weighted by Crippen LogP contribution is 2.36. The Morgan fingerprint density at radius 1 is 1.08 bits per heavy atom. The molecule has 0 bridgehead atoms. The van der Waals surface area contributed by atoms with E-state index in [0.29, 0.717) is 29.0 Å². The normalized spacial score (nSPS) is 20.1. The minimum absolute atomic E-state index is 0.121. The molecule has 2 aromatic rings. The number of amides is 1. The first-order valence-corrected chi connectivity index (χ1v) is 9.44. The number of anilines is 3. The van der Waals surface area contributed by atoms with Gasteiger partial charge in [0.2, 0.25) is 0 Å². The van der Waals surface area contributed by atoms with Crippen LogP contribution >= 0.6 is 0 Å². The lowest BCUT2D eigenvalue weighted by Gasteiger charge is -2.42. The van der Waals surface area contributed by atoms with Crippen molar-refractivity contribution in [2.75, 3.05) is 16.0 Å². The van der Waals surface area contributed by atoms with Crippen molar-refractivity contribution in [1.29, 1.82) is 0 Å². The number of hydrogen-bond donors (Lipinski definition) is 2. The first-order chi connectivity index (χ1) is 12.4. The van der Waals surface area contributed by atoms with Crippen molar-refractivity contribution in [3.05, 3.63) is 53.1 Å². The number of rotatable bonds is 3. The van der Waals surface area contributed by atoms with E-state index in [0.717, 1.165) is 11.1 Å². The first-order valence-electron chi connectivity index (χ1n) is 9.44. The van der Waals surface area contributed by atoms with E-state index < -0.39 is 0 Å². The summed E-state index contributed by atoms with van der Waals surface area (Å²) in [4.78, 5) is 15.2. The van der Waals surface area contributed by atoms with Gasteiger partial charge in [0.05, 0.1) is 11.4 Å². The summed E-state index contributed by atoms with van der Waals surface area (Å²) < 4.78 is 0. The fourth-order valence-electron chi connectivity index (χ4n) is 4.02. The van der Waals surface area contributed by atoms with E-state index in [4.69, 9.17) is 5.73 Å². The minimum Gasteiger partial charge on any atom is -0.397 e. The monoisotopic (exact) mass is 351 g/mol. The van der Waals surface area contributed by atoms with Crippen LogP contribution in [0, 0.1) is 13.8 Å². The number of piperidine rings is 1. The van der Waals surface area contributed by atoms with Crippen molar-refractivity contribution < 1.29 is 4.79 Å². The molecule has 1 amide bonds. The molecule has 4 nitrogen and oxygen atoms in total. The number of nitrogens with two attached hydrogens (primary N) is 1. The molecule has 0 radical (unpaired) electrons. The Balaban J connectivity index is 1.93. The number of hydrogen-bond acceptors (Lipinski definition) is 3. The average molecular weight is 351 g/mol. The molecule has 1 heterocycles. The molecule has 2 aromatic carbocycles. The van der Waals surface area contributed by atoms with Crippen molar-refractivity contribution in [3.8, 4) is 0 Å². The van der Waals surface area contributed by atoms with Crippen LogP contribution < -0.4 is 16.0 Å². The number of nitrogens with zero attached hydrogens (tertiary/aromatic N) is 1. The zero-order valence-electron chi connectivity index (χ0n) is 16.2. The quantitative estimate of drug-likeness (QED) is 0.773. The summed E-state index contributed by atoms with van der Waals surface area (Å²) in [6.07, 6.45) is 3.65. The molecule has 3 rings (SSSR count). The first kappa shape index (κ1) is 18.3. The Hall–Kier alpha value is -2.49. The number of carbonyl (C=O) groups excluding carboxylic acids is 1. The molecule has 0 spiro atoms. The maximum Gasteiger partial charge on any atom is 0.255 e. The average Bonchev–Trinajstić information content (AvgIpc) is 2.58. The second-order valence-electron chi connectivity index (χ2n) is 7.53. The summed E-state index contributed by atoms with van der Waals surface area (Å²) in [7, 11) is 0. The Morgan fingerprint density at radius 2 is 1.73 bits per heavy atom. The van der Waals surface area contributed by atoms with Crippen molar-refractivity contribution in [2.24, 2.45) is 0 Å². The van der Waals surface area contributed by atoms with E-state index in [1.165, 1.54) is 24.9 Å². The second-order valence-corrected chi connectivity index (χ2v) is 7.53. The third-order valence-corrected chi connectivity index (χ3v) is 5.48. The second kappa shape index (κ2) is 7.40. The lowest BCUT2D eigenvalue weighted by Crippen LogP contribution is -2.44. The van der Waals surface area contributed by atoms with Gasteiger partial charge in [-0.3, -0.25) is 4.79 Å². The highest BCUT2D eigenvalue weighted by atomic mass is 16.1. The third-order valence-electron chi connectivity index (χ3n) is 5.48. The Labute approximate surface area is 156 Å². The predicted molar refractivity (Wildman–Crippen MR) is 110 cm³/mol. The molecule has 2 unspecified atom stereocenters. The van der Waals surface area contributed by atoms with Crippen LogP contribution in [0.25, 0.3) is 0 Å². The van der Waals surface area contributed by atoms with E-state index >= 15 is 0 Å². The largest absolute Gasteiger partial charge is 0.397 e. The number of aryl methyl sites for hydroxylation is 2. The summed E-state index contributed by atoms with van der Waals surface area (Å²) in [6, 6.07) is 12.6. The van der Waals surface area contributed by atoms with Gasteiger partial charge >= 0.3 is 0 Å². The van der Waals surface area contributed by atoms with Gasteiger partial charge in [-0.15, -0.1) is 0 Å². The van der Waals surface area contributed by atoms with Gasteiger partial charge in [-0.05, 0) is 76.3 Å². The number of nitrogen functional groups attached to an aromatic ring is 1. The summed E-state index contributed by atoms with van der Waals surface area (Å²) >= 11 is 0. The molecule has 138 valence electrons. The Bertz CT molecular complexity index is 805. The molecule has 0 saturated carbocycles. The van der Waals surface area contributed by atoms with Gasteiger partial charge in [-0.1, -0.05) is 18.2 Å². The van der Waals surface area contributed by atoms with Crippen molar-refractivity contribution in [3.63, 3.8) is 0 Å². The topological polar surface area (TPSA) is 58.4 Å². The number of nitrogens with one attached hydrogen (secondary N) is 1. The fraction of sp³-hybridized carbons (Fsp3) is 0.409. The van der Waals surface area contributed by atoms with Crippen LogP contribution in [-0.2, 0) is 0 Å². The molecule has 3 N–H and O–H groups in total. The predicted octanol–water partition coefficient (Wildman–Crippen LogP) is 4.91. The molecule has 1 aliphatic rings. The van der Waals surface area contributed by atoms with Gasteiger partial charge in [0, 0.05) is 23.3 Å². The van der Waals surface area contributed by atoms with Crippen LogP contribution in [-0.4, -0.2) is 18.0 Å². The maximum atomic E-state index is 12.7. The molecule has 1 fully saturated rings. The molecule has 0 aromatic heterocycles. The highest BCUT2D eigenvalue weighted by Gasteiger charge is 2.26. The van der Waals surface area contributed by atoms with Crippen LogP contribution in [0.5, 0.6) is 0 Å². The molecule has 1 saturated heterocycles. The summed E-state index contributed by atoms with van der Waals surface area (Å²) in [5.41, 5.74) is 11.5. The smallest absolute Gasteiger partial charge is 0.255 e. The number of benzene rings is 2. The van der Waals surface area contributed by atoms with Gasteiger partial charge in [0.15, 0.2) is 0 Å². The van der Waals surface area contributed by atoms with Gasteiger partial charge < -0.3 is 16.0 Å². The lowest BCUT2D eigenvalue weighted by molar-refractivity contribution is 0.102. The standard InChI is InChI=1S/C22H29N3O/c1-14-8-5-6-11-18(14)22(26)24-20-13-21(15(2)12-19(20)23)25-16(3)9-7-10-17(25)4/h5-6,8,11-13,16-17H,7,9-10,23H2,1-4H3,(H,24,26). The summed E-state index contributed by atoms with van der Waals surface area (Å²) in [6.45, 7) is 8.58. The zero-order chi connectivity index (χ0) is 18.8. The van der Waals surface area contributed by atoms with Crippen molar-refractivity contribution in [1.82, 2.24) is 0 Å². The van der Waals surface area contributed by atoms with Crippen LogP contribution in [0.15, 0.2) is 36.4 Å². The summed E-state index contributed by atoms with van der Waals surface area (Å²) in [5.74, 6) is -0.121. The highest BCUT2D eigenvalue weighted by molar-refractivity contribution is 6.07. The molecule has 26 heavy (non-hydrogen) atoms. The van der Waals surface area contributed by atoms with Crippen molar-refractivity contribution >= 4 is 23.0 Å².